The number of amides is 5. The molecule has 6 heterocycles. The van der Waals surface area contributed by atoms with Crippen molar-refractivity contribution in [3.63, 3.8) is 0 Å². The van der Waals surface area contributed by atoms with Gasteiger partial charge < -0.3 is 30.5 Å². The first-order valence-corrected chi connectivity index (χ1v) is 22.4. The Kier molecular flexibility index (Phi) is 13.9. The summed E-state index contributed by atoms with van der Waals surface area (Å²) in [6, 6.07) is 12.2. The summed E-state index contributed by atoms with van der Waals surface area (Å²) in [5, 5.41) is 29.6. The third-order valence-electron chi connectivity index (χ3n) is 12.8. The number of ether oxygens (including phenoxy) is 1. The van der Waals surface area contributed by atoms with Crippen molar-refractivity contribution in [2.75, 3.05) is 30.4 Å². The van der Waals surface area contributed by atoms with Crippen molar-refractivity contribution >= 4 is 53.4 Å². The molecular formula is C46H51ClN14O6. The van der Waals surface area contributed by atoms with Crippen molar-refractivity contribution in [3.05, 3.63) is 100 Å². The number of piperidine rings is 1. The number of imide groups is 1. The molecule has 67 heavy (non-hydrogen) atoms. The number of carbonyl (C=O) groups is 5. The molecule has 5 amide bonds. The number of benzene rings is 2. The summed E-state index contributed by atoms with van der Waals surface area (Å²) < 4.78 is 9.37. The van der Waals surface area contributed by atoms with E-state index in [1.165, 1.54) is 4.90 Å². The number of aromatic nitrogens is 7. The zero-order valence-corrected chi connectivity index (χ0v) is 38.0. The van der Waals surface area contributed by atoms with Crippen molar-refractivity contribution in [1.82, 2.24) is 55.4 Å². The highest BCUT2D eigenvalue weighted by Crippen LogP contribution is 2.44. The monoisotopic (exact) mass is 930 g/mol. The number of fused-ring (bicyclic) bond motifs is 4. The Morgan fingerprint density at radius 3 is 2.67 bits per heavy atom. The van der Waals surface area contributed by atoms with Crippen LogP contribution in [-0.2, 0) is 40.4 Å². The molecule has 2 atom stereocenters. The minimum Gasteiger partial charge on any atom is -0.496 e. The summed E-state index contributed by atoms with van der Waals surface area (Å²) >= 11 is 0. The van der Waals surface area contributed by atoms with Crippen LogP contribution < -0.4 is 30.9 Å². The zero-order valence-electron chi connectivity index (χ0n) is 37.2. The standard InChI is InChI=1S/C46H50N14O6.ClH/c1-3-35-42-34(21-47)51-26-59(42)37-23-49-39(53-43(37)60(35)30-7-4-5-8-30)20-27-11-12-28(19-38(27)66-2)44(63)50-22-29-24-57(56-55-29)18-17-48-16-15-41(62)52-33-10-6-9-31-32(33)25-58(46(31)65)36-13-14-40(61)54-45(36)64;/h6,9-12,19,23-24,26,30,35-36,48H,3-5,7-8,13-18,20,22,25H2,1-2H3,(H,50,63)(H,52,62)(H,54,61,64);1H/t35-,36?;/m1./s1. The van der Waals surface area contributed by atoms with Crippen LogP contribution in [-0.4, -0.2) is 101 Å². The van der Waals surface area contributed by atoms with Gasteiger partial charge in [0.1, 0.15) is 41.4 Å². The van der Waals surface area contributed by atoms with Crippen LogP contribution in [0.4, 0.5) is 11.5 Å². The van der Waals surface area contributed by atoms with Crippen molar-refractivity contribution in [2.24, 2.45) is 0 Å². The van der Waals surface area contributed by atoms with E-state index in [0.717, 1.165) is 54.9 Å². The maximum Gasteiger partial charge on any atom is 0.255 e. The molecule has 1 aliphatic carbocycles. The first-order valence-electron chi connectivity index (χ1n) is 22.4. The fourth-order valence-electron chi connectivity index (χ4n) is 9.52. The Bertz CT molecular complexity index is 2760. The lowest BCUT2D eigenvalue weighted by Crippen LogP contribution is -2.52. The van der Waals surface area contributed by atoms with Gasteiger partial charge >= 0.3 is 0 Å². The van der Waals surface area contributed by atoms with E-state index in [1.54, 1.807) is 54.6 Å². The lowest BCUT2D eigenvalue weighted by Gasteiger charge is -2.42. The minimum atomic E-state index is -0.739. The summed E-state index contributed by atoms with van der Waals surface area (Å²) in [6.07, 6.45) is 11.5. The predicted octanol–water partition coefficient (Wildman–Crippen LogP) is 3.67. The Morgan fingerprint density at radius 2 is 1.90 bits per heavy atom. The Labute approximate surface area is 392 Å². The molecule has 0 radical (unpaired) electrons. The molecule has 3 aromatic heterocycles. The van der Waals surface area contributed by atoms with Gasteiger partial charge in [0.2, 0.25) is 17.7 Å². The fourth-order valence-corrected chi connectivity index (χ4v) is 9.52. The van der Waals surface area contributed by atoms with E-state index < -0.39 is 11.9 Å². The molecule has 2 fully saturated rings. The van der Waals surface area contributed by atoms with Gasteiger partial charge in [0, 0.05) is 72.9 Å². The van der Waals surface area contributed by atoms with E-state index in [2.05, 4.69) is 54.5 Å². The first kappa shape index (κ1) is 46.3. The Balaban J connectivity index is 0.00000608. The van der Waals surface area contributed by atoms with Crippen LogP contribution in [0.5, 0.6) is 5.75 Å². The summed E-state index contributed by atoms with van der Waals surface area (Å²) in [7, 11) is 1.57. The van der Waals surface area contributed by atoms with Crippen LogP contribution in [0.25, 0.3) is 5.69 Å². The molecule has 0 spiro atoms. The van der Waals surface area contributed by atoms with Crippen LogP contribution >= 0.6 is 12.4 Å². The SMILES string of the molecule is CC[C@@H]1c2c(C#N)ncn2-c2cnc(Cc3ccc(C(=O)NCc4cn(CCNCCC(=O)Nc5cccc6c5CN(C5CCC(=O)NC5=O)C6=O)nn4)cc3OC)nc2N1C1CCCC1.Cl. The summed E-state index contributed by atoms with van der Waals surface area (Å²) in [6.45, 7) is 3.82. The molecule has 1 unspecified atom stereocenters. The van der Waals surface area contributed by atoms with Gasteiger partial charge in [0.05, 0.1) is 44.3 Å². The fraction of sp³-hybridized carbons (Fsp3) is 0.413. The molecular weight excluding hydrogens is 880 g/mol. The molecule has 20 nitrogen and oxygen atoms in total. The highest BCUT2D eigenvalue weighted by molar-refractivity contribution is 6.07. The smallest absolute Gasteiger partial charge is 0.255 e. The molecule has 5 aromatic rings. The van der Waals surface area contributed by atoms with Crippen LogP contribution in [0, 0.1) is 11.3 Å². The lowest BCUT2D eigenvalue weighted by atomic mass is 10.0. The van der Waals surface area contributed by atoms with Gasteiger partial charge in [0.15, 0.2) is 11.5 Å². The Hall–Kier alpha value is -7.24. The molecule has 2 aromatic carbocycles. The number of hydrogen-bond donors (Lipinski definition) is 4. The number of nitrogens with one attached hydrogen (secondary N) is 4. The number of rotatable bonds is 16. The predicted molar refractivity (Wildman–Crippen MR) is 244 cm³/mol. The second-order valence-electron chi connectivity index (χ2n) is 16.9. The number of halogens is 1. The average Bonchev–Trinajstić information content (AvgIpc) is 4.16. The highest BCUT2D eigenvalue weighted by Gasteiger charge is 2.41. The maximum absolute atomic E-state index is 13.3. The number of nitriles is 1. The lowest BCUT2D eigenvalue weighted by molar-refractivity contribution is -0.137. The van der Waals surface area contributed by atoms with E-state index in [1.807, 2.05) is 16.8 Å². The van der Waals surface area contributed by atoms with Crippen molar-refractivity contribution in [3.8, 4) is 17.5 Å². The van der Waals surface area contributed by atoms with E-state index in [-0.39, 0.29) is 74.4 Å². The second kappa shape index (κ2) is 20.1. The van der Waals surface area contributed by atoms with E-state index in [0.29, 0.717) is 77.4 Å². The van der Waals surface area contributed by atoms with Crippen LogP contribution in [0.3, 0.4) is 0 Å². The maximum atomic E-state index is 13.3. The third-order valence-corrected chi connectivity index (χ3v) is 12.8. The normalized spacial score (nSPS) is 17.5. The molecule has 1 saturated carbocycles. The quantitative estimate of drug-likeness (QED) is 0.0815. The Morgan fingerprint density at radius 1 is 1.06 bits per heavy atom. The van der Waals surface area contributed by atoms with E-state index in [9.17, 15) is 29.2 Å². The number of carbonyl (C=O) groups excluding carboxylic acids is 5. The molecule has 9 rings (SSSR count). The number of imidazole rings is 1. The van der Waals surface area contributed by atoms with Gasteiger partial charge in [-0.1, -0.05) is 37.1 Å². The molecule has 21 heteroatoms. The van der Waals surface area contributed by atoms with Crippen LogP contribution in [0.15, 0.2) is 55.1 Å². The first-order chi connectivity index (χ1) is 32.1. The topological polar surface area (TPSA) is 247 Å². The summed E-state index contributed by atoms with van der Waals surface area (Å²) in [5.41, 5.74) is 5.53. The largest absolute Gasteiger partial charge is 0.496 e. The van der Waals surface area contributed by atoms with Crippen molar-refractivity contribution in [1.29, 1.82) is 5.26 Å². The van der Waals surface area contributed by atoms with Crippen molar-refractivity contribution in [2.45, 2.75) is 102 Å². The summed E-state index contributed by atoms with van der Waals surface area (Å²) in [4.78, 5) is 81.5. The van der Waals surface area contributed by atoms with Gasteiger partial charge in [-0.3, -0.25) is 38.5 Å². The van der Waals surface area contributed by atoms with Crippen molar-refractivity contribution < 1.29 is 28.7 Å². The zero-order chi connectivity index (χ0) is 45.9. The number of hydrogen-bond acceptors (Lipinski definition) is 14. The molecule has 4 aliphatic rings. The van der Waals surface area contributed by atoms with Gasteiger partial charge in [-0.25, -0.2) is 15.0 Å². The molecule has 4 N–H and O–H groups in total. The van der Waals surface area contributed by atoms with Gasteiger partial charge in [0.25, 0.3) is 11.8 Å². The molecule has 1 saturated heterocycles. The van der Waals surface area contributed by atoms with Gasteiger partial charge in [-0.2, -0.15) is 5.26 Å². The van der Waals surface area contributed by atoms with Gasteiger partial charge in [-0.15, -0.1) is 17.5 Å². The van der Waals surface area contributed by atoms with Gasteiger partial charge in [-0.05, 0) is 49.9 Å². The number of nitrogens with zero attached hydrogens (tertiary/aromatic N) is 10. The van der Waals surface area contributed by atoms with E-state index in [4.69, 9.17) is 14.7 Å². The van der Waals surface area contributed by atoms with E-state index >= 15 is 0 Å². The second-order valence-corrected chi connectivity index (χ2v) is 16.9. The molecule has 0 bridgehead atoms. The highest BCUT2D eigenvalue weighted by atomic mass is 35.5. The molecule has 3 aliphatic heterocycles. The van der Waals surface area contributed by atoms with Crippen LogP contribution in [0.1, 0.15) is 119 Å². The summed E-state index contributed by atoms with van der Waals surface area (Å²) in [5.74, 6) is 0.308. The minimum absolute atomic E-state index is 0. The third kappa shape index (κ3) is 9.42. The number of anilines is 2. The number of methoxy groups -OCH3 is 1. The molecule has 348 valence electrons. The average molecular weight is 931 g/mol. The van der Waals surface area contributed by atoms with Crippen LogP contribution in [0.2, 0.25) is 0 Å².